The lowest BCUT2D eigenvalue weighted by Crippen LogP contribution is -2.28. The third-order valence-electron chi connectivity index (χ3n) is 2.02. The second-order valence-electron chi connectivity index (χ2n) is 5.44. The molecule has 0 spiro atoms. The molecule has 0 aliphatic rings. The molecule has 0 unspecified atom stereocenters. The Bertz CT molecular complexity index is 341. The molecule has 4 heteroatoms. The first-order valence-electron chi connectivity index (χ1n) is 5.38. The third-order valence-corrected chi connectivity index (χ3v) is 3.24. The Morgan fingerprint density at radius 2 is 1.81 bits per heavy atom. The third kappa shape index (κ3) is 3.94. The lowest BCUT2D eigenvalue weighted by molar-refractivity contribution is 0.104. The van der Waals surface area contributed by atoms with E-state index in [1.54, 1.807) is 6.20 Å². The lowest BCUT2D eigenvalue weighted by atomic mass is 10.1. The lowest BCUT2D eigenvalue weighted by Gasteiger charge is -2.28. The molecule has 0 saturated heterocycles. The van der Waals surface area contributed by atoms with Crippen molar-refractivity contribution in [3.8, 4) is 0 Å². The summed E-state index contributed by atoms with van der Waals surface area (Å²) < 4.78 is 5.94. The molecule has 2 radical (unpaired) electrons. The van der Waals surface area contributed by atoms with Crippen LogP contribution >= 0.6 is 0 Å². The minimum absolute atomic E-state index is 0.186. The van der Waals surface area contributed by atoms with Crippen LogP contribution in [0.15, 0.2) is 18.3 Å². The molecule has 0 fully saturated rings. The van der Waals surface area contributed by atoms with Gasteiger partial charge < -0.3 is 10.2 Å². The van der Waals surface area contributed by atoms with Crippen molar-refractivity contribution >= 4 is 15.5 Å². The van der Waals surface area contributed by atoms with Gasteiger partial charge >= 0.3 is 0 Å². The molecule has 1 rings (SSSR count). The van der Waals surface area contributed by atoms with Crippen LogP contribution in [0.3, 0.4) is 0 Å². The summed E-state index contributed by atoms with van der Waals surface area (Å²) in [6, 6.07) is 3.77. The van der Waals surface area contributed by atoms with Gasteiger partial charge in [0.1, 0.15) is 0 Å². The highest BCUT2D eigenvalue weighted by molar-refractivity contribution is 6.31. The number of nitrogen functional groups attached to an aromatic ring is 1. The van der Waals surface area contributed by atoms with Gasteiger partial charge in [-0.1, -0.05) is 20.8 Å². The number of nitrogens with zero attached hydrogens (tertiary/aromatic N) is 1. The van der Waals surface area contributed by atoms with Gasteiger partial charge in [-0.05, 0) is 31.0 Å². The number of nitrogens with two attached hydrogens (primary N) is 1. The molecule has 0 amide bonds. The van der Waals surface area contributed by atoms with Crippen LogP contribution in [-0.2, 0) is 10.0 Å². The highest BCUT2D eigenvalue weighted by atomic mass is 28.2. The van der Waals surface area contributed by atoms with Gasteiger partial charge in [0, 0.05) is 0 Å². The van der Waals surface area contributed by atoms with Crippen molar-refractivity contribution in [2.45, 2.75) is 45.3 Å². The van der Waals surface area contributed by atoms with Crippen LogP contribution in [-0.4, -0.2) is 14.7 Å². The Balaban J connectivity index is 2.73. The van der Waals surface area contributed by atoms with Crippen LogP contribution in [0.1, 0.15) is 40.3 Å². The summed E-state index contributed by atoms with van der Waals surface area (Å²) >= 11 is 0. The van der Waals surface area contributed by atoms with Crippen molar-refractivity contribution in [1.82, 2.24) is 4.98 Å². The van der Waals surface area contributed by atoms with Gasteiger partial charge in [-0.25, -0.2) is 0 Å². The minimum Gasteiger partial charge on any atom is -0.406 e. The van der Waals surface area contributed by atoms with Gasteiger partial charge in [0.15, 0.2) is 0 Å². The average molecular weight is 236 g/mol. The van der Waals surface area contributed by atoms with E-state index in [1.807, 2.05) is 26.0 Å². The average Bonchev–Trinajstić information content (AvgIpc) is 2.15. The van der Waals surface area contributed by atoms with Crippen molar-refractivity contribution < 1.29 is 4.43 Å². The van der Waals surface area contributed by atoms with Gasteiger partial charge in [0.05, 0.1) is 23.2 Å². The number of rotatable bonds is 3. The van der Waals surface area contributed by atoms with E-state index >= 15 is 0 Å². The SMILES string of the molecule is CC(C)(C)[Si]OC(C)(C)c1ccc(N)cn1. The molecule has 1 aromatic rings. The topological polar surface area (TPSA) is 48.1 Å². The fraction of sp³-hybridized carbons (Fsp3) is 0.583. The molecular formula is C12H20N2OSi. The van der Waals surface area contributed by atoms with Crippen LogP contribution in [0, 0.1) is 0 Å². The van der Waals surface area contributed by atoms with E-state index < -0.39 is 0 Å². The molecule has 0 saturated carbocycles. The zero-order valence-corrected chi connectivity index (χ0v) is 11.7. The first-order chi connectivity index (χ1) is 7.21. The second-order valence-corrected chi connectivity index (χ2v) is 7.35. The summed E-state index contributed by atoms with van der Waals surface area (Å²) in [4.78, 5) is 4.31. The van der Waals surface area contributed by atoms with Gasteiger partial charge in [-0.3, -0.25) is 4.98 Å². The number of anilines is 1. The highest BCUT2D eigenvalue weighted by Gasteiger charge is 2.26. The number of hydrogen-bond acceptors (Lipinski definition) is 3. The summed E-state index contributed by atoms with van der Waals surface area (Å²) in [5.74, 6) is 0. The molecule has 1 heterocycles. The number of pyridine rings is 1. The van der Waals surface area contributed by atoms with Crippen molar-refractivity contribution in [2.24, 2.45) is 0 Å². The van der Waals surface area contributed by atoms with Gasteiger partial charge in [0.2, 0.25) is 9.76 Å². The summed E-state index contributed by atoms with van der Waals surface area (Å²) in [6.45, 7) is 10.6. The Kier molecular flexibility index (Phi) is 3.75. The molecule has 0 atom stereocenters. The van der Waals surface area contributed by atoms with E-state index in [0.717, 1.165) is 5.69 Å². The fourth-order valence-corrected chi connectivity index (χ4v) is 1.76. The minimum atomic E-state index is -0.362. The monoisotopic (exact) mass is 236 g/mol. The summed E-state index contributed by atoms with van der Waals surface area (Å²) in [5, 5.41) is 0.186. The van der Waals surface area contributed by atoms with Crippen molar-refractivity contribution in [1.29, 1.82) is 0 Å². The van der Waals surface area contributed by atoms with Crippen molar-refractivity contribution in [2.75, 3.05) is 5.73 Å². The van der Waals surface area contributed by atoms with Crippen LogP contribution in [0.2, 0.25) is 5.04 Å². The molecule has 3 nitrogen and oxygen atoms in total. The maximum Gasteiger partial charge on any atom is 0.237 e. The molecule has 0 aliphatic carbocycles. The van der Waals surface area contributed by atoms with Crippen LogP contribution < -0.4 is 5.73 Å². The van der Waals surface area contributed by atoms with Crippen LogP contribution in [0.4, 0.5) is 5.69 Å². The number of hydrogen-bond donors (Lipinski definition) is 1. The van der Waals surface area contributed by atoms with Gasteiger partial charge in [0.25, 0.3) is 0 Å². The maximum absolute atomic E-state index is 5.94. The zero-order chi connectivity index (χ0) is 12.4. The first-order valence-corrected chi connectivity index (χ1v) is 6.29. The molecule has 0 aromatic carbocycles. The predicted molar refractivity (Wildman–Crippen MR) is 68.2 cm³/mol. The van der Waals surface area contributed by atoms with E-state index in [2.05, 4.69) is 25.8 Å². The Morgan fingerprint density at radius 1 is 1.19 bits per heavy atom. The van der Waals surface area contributed by atoms with Crippen molar-refractivity contribution in [3.05, 3.63) is 24.0 Å². The molecule has 88 valence electrons. The standard InChI is InChI=1S/C12H20N2OSi/c1-11(2,3)16-15-12(4,5)10-7-6-9(13)8-14-10/h6-8H,13H2,1-5H3. The zero-order valence-electron chi connectivity index (χ0n) is 10.7. The predicted octanol–water partition coefficient (Wildman–Crippen LogP) is 2.75. The Labute approximate surface area is 100 Å². The molecule has 16 heavy (non-hydrogen) atoms. The van der Waals surface area contributed by atoms with E-state index in [1.165, 1.54) is 0 Å². The van der Waals surface area contributed by atoms with Crippen LogP contribution in [0.25, 0.3) is 0 Å². The quantitative estimate of drug-likeness (QED) is 0.821. The Hall–Kier alpha value is -0.873. The van der Waals surface area contributed by atoms with E-state index in [4.69, 9.17) is 10.2 Å². The molecule has 1 aromatic heterocycles. The van der Waals surface area contributed by atoms with Gasteiger partial charge in [-0.2, -0.15) is 0 Å². The molecule has 0 aliphatic heterocycles. The summed E-state index contributed by atoms with van der Waals surface area (Å²) in [7, 11) is 0.445. The van der Waals surface area contributed by atoms with Crippen molar-refractivity contribution in [3.63, 3.8) is 0 Å². The first kappa shape index (κ1) is 13.2. The molecule has 2 N–H and O–H groups in total. The van der Waals surface area contributed by atoms with E-state index in [0.29, 0.717) is 15.5 Å². The largest absolute Gasteiger partial charge is 0.406 e. The van der Waals surface area contributed by atoms with Gasteiger partial charge in [-0.15, -0.1) is 0 Å². The van der Waals surface area contributed by atoms with E-state index in [-0.39, 0.29) is 10.6 Å². The molecular weight excluding hydrogens is 216 g/mol. The smallest absolute Gasteiger partial charge is 0.237 e. The fourth-order valence-electron chi connectivity index (χ4n) is 1.09. The highest BCUT2D eigenvalue weighted by Crippen LogP contribution is 2.28. The summed E-state index contributed by atoms with van der Waals surface area (Å²) in [6.07, 6.45) is 1.67. The summed E-state index contributed by atoms with van der Waals surface area (Å²) in [5.41, 5.74) is 6.84. The van der Waals surface area contributed by atoms with E-state index in [9.17, 15) is 0 Å². The Morgan fingerprint density at radius 3 is 2.25 bits per heavy atom. The second kappa shape index (κ2) is 4.55. The number of aromatic nitrogens is 1. The molecule has 0 bridgehead atoms. The maximum atomic E-state index is 5.94. The van der Waals surface area contributed by atoms with Crippen LogP contribution in [0.5, 0.6) is 0 Å². The normalized spacial score (nSPS) is 12.8.